The largest absolute Gasteiger partial charge is 0.348 e. The summed E-state index contributed by atoms with van der Waals surface area (Å²) in [6.45, 7) is 7.95. The molecule has 7 heteroatoms. The fourth-order valence-corrected chi connectivity index (χ4v) is 3.06. The molecular weight excluding hydrogens is 368 g/mol. The maximum absolute atomic E-state index is 12.9. The van der Waals surface area contributed by atoms with Crippen LogP contribution in [0.2, 0.25) is 0 Å². The standard InChI is InChI=1S/C22H24N4O3/c1-5-16(4)23-22(27)21-13-19(17-7-9-18(10-8-17)26(28)29)24-25(21)20-11-6-14(2)12-15(20)3/h6-13,16H,5H2,1-4H3,(H,23,27)/t16-/m1/s1. The van der Waals surface area contributed by atoms with Crippen molar-refractivity contribution in [3.05, 3.63) is 75.5 Å². The highest BCUT2D eigenvalue weighted by molar-refractivity contribution is 5.94. The second kappa shape index (κ2) is 8.26. The molecule has 7 nitrogen and oxygen atoms in total. The van der Waals surface area contributed by atoms with Gasteiger partial charge < -0.3 is 5.32 Å². The second-order valence-corrected chi connectivity index (χ2v) is 7.20. The van der Waals surface area contributed by atoms with Gasteiger partial charge in [-0.25, -0.2) is 4.68 Å². The third-order valence-corrected chi connectivity index (χ3v) is 4.89. The summed E-state index contributed by atoms with van der Waals surface area (Å²) in [5.74, 6) is -0.208. The van der Waals surface area contributed by atoms with Gasteiger partial charge in [0.15, 0.2) is 0 Å². The number of nitro groups is 1. The molecule has 1 amide bonds. The molecule has 2 aromatic carbocycles. The van der Waals surface area contributed by atoms with E-state index in [4.69, 9.17) is 0 Å². The Kier molecular flexibility index (Phi) is 5.77. The number of nitrogens with one attached hydrogen (secondary N) is 1. The van der Waals surface area contributed by atoms with Crippen molar-refractivity contribution >= 4 is 11.6 Å². The van der Waals surface area contributed by atoms with E-state index in [9.17, 15) is 14.9 Å². The number of benzene rings is 2. The molecule has 0 aliphatic carbocycles. The van der Waals surface area contributed by atoms with Crippen LogP contribution in [0.25, 0.3) is 16.9 Å². The summed E-state index contributed by atoms with van der Waals surface area (Å²) in [4.78, 5) is 23.4. The van der Waals surface area contributed by atoms with E-state index in [0.717, 1.165) is 23.2 Å². The normalized spacial score (nSPS) is 11.9. The van der Waals surface area contributed by atoms with Gasteiger partial charge in [0.05, 0.1) is 16.3 Å². The molecule has 3 aromatic rings. The van der Waals surface area contributed by atoms with E-state index in [0.29, 0.717) is 17.0 Å². The summed E-state index contributed by atoms with van der Waals surface area (Å²) >= 11 is 0. The lowest BCUT2D eigenvalue weighted by Crippen LogP contribution is -2.33. The quantitative estimate of drug-likeness (QED) is 0.491. The highest BCUT2D eigenvalue weighted by Gasteiger charge is 2.20. The summed E-state index contributed by atoms with van der Waals surface area (Å²) in [6, 6.07) is 13.9. The van der Waals surface area contributed by atoms with Crippen LogP contribution in [0.3, 0.4) is 0 Å². The molecule has 0 aliphatic heterocycles. The van der Waals surface area contributed by atoms with Gasteiger partial charge in [0.1, 0.15) is 5.69 Å². The van der Waals surface area contributed by atoms with Crippen LogP contribution in [-0.4, -0.2) is 26.7 Å². The van der Waals surface area contributed by atoms with Crippen LogP contribution in [0.15, 0.2) is 48.5 Å². The Labute approximate surface area is 169 Å². The first-order valence-electron chi connectivity index (χ1n) is 9.53. The molecule has 0 bridgehead atoms. The topological polar surface area (TPSA) is 90.1 Å². The molecule has 0 saturated carbocycles. The minimum Gasteiger partial charge on any atom is -0.348 e. The van der Waals surface area contributed by atoms with Gasteiger partial charge in [-0.1, -0.05) is 24.6 Å². The minimum absolute atomic E-state index is 0.0114. The number of non-ortho nitro benzene ring substituents is 1. The molecule has 1 N–H and O–H groups in total. The Morgan fingerprint density at radius 3 is 2.45 bits per heavy atom. The maximum Gasteiger partial charge on any atom is 0.270 e. The monoisotopic (exact) mass is 392 g/mol. The number of hydrogen-bond donors (Lipinski definition) is 1. The van der Waals surface area contributed by atoms with Crippen molar-refractivity contribution in [2.75, 3.05) is 0 Å². The average Bonchev–Trinajstić information content (AvgIpc) is 3.13. The molecule has 1 heterocycles. The van der Waals surface area contributed by atoms with Gasteiger partial charge in [-0.2, -0.15) is 5.10 Å². The molecule has 29 heavy (non-hydrogen) atoms. The van der Waals surface area contributed by atoms with Gasteiger partial charge in [-0.3, -0.25) is 14.9 Å². The lowest BCUT2D eigenvalue weighted by Gasteiger charge is -2.14. The number of aryl methyl sites for hydroxylation is 2. The molecule has 0 radical (unpaired) electrons. The van der Waals surface area contributed by atoms with Crippen molar-refractivity contribution in [3.8, 4) is 16.9 Å². The molecule has 0 aliphatic rings. The van der Waals surface area contributed by atoms with Crippen LogP contribution in [0.1, 0.15) is 41.9 Å². The predicted molar refractivity (Wildman–Crippen MR) is 112 cm³/mol. The van der Waals surface area contributed by atoms with Gasteiger partial charge in [-0.05, 0) is 57.0 Å². The van der Waals surface area contributed by atoms with Gasteiger partial charge in [0.2, 0.25) is 0 Å². The second-order valence-electron chi connectivity index (χ2n) is 7.20. The zero-order valence-corrected chi connectivity index (χ0v) is 17.0. The van der Waals surface area contributed by atoms with E-state index in [1.54, 1.807) is 22.9 Å². The minimum atomic E-state index is -0.441. The number of hydrogen-bond acceptors (Lipinski definition) is 4. The predicted octanol–water partition coefficient (Wildman–Crippen LogP) is 4.59. The van der Waals surface area contributed by atoms with Gasteiger partial charge in [0.25, 0.3) is 11.6 Å². The van der Waals surface area contributed by atoms with Crippen LogP contribution in [0, 0.1) is 24.0 Å². The summed E-state index contributed by atoms with van der Waals surface area (Å²) in [7, 11) is 0. The molecule has 3 rings (SSSR count). The zero-order valence-electron chi connectivity index (χ0n) is 17.0. The van der Waals surface area contributed by atoms with Crippen molar-refractivity contribution in [2.24, 2.45) is 0 Å². The maximum atomic E-state index is 12.9. The Morgan fingerprint density at radius 1 is 1.17 bits per heavy atom. The first-order chi connectivity index (χ1) is 13.8. The lowest BCUT2D eigenvalue weighted by atomic mass is 10.1. The number of nitro benzene ring substituents is 1. The van der Waals surface area contributed by atoms with E-state index >= 15 is 0 Å². The van der Waals surface area contributed by atoms with Crippen LogP contribution in [-0.2, 0) is 0 Å². The first-order valence-corrected chi connectivity index (χ1v) is 9.53. The number of rotatable bonds is 6. The van der Waals surface area contributed by atoms with Gasteiger partial charge >= 0.3 is 0 Å². The van der Waals surface area contributed by atoms with Crippen LogP contribution < -0.4 is 5.32 Å². The molecule has 150 valence electrons. The highest BCUT2D eigenvalue weighted by atomic mass is 16.6. The first kappa shape index (κ1) is 20.3. The van der Waals surface area contributed by atoms with Crippen molar-refractivity contribution in [2.45, 2.75) is 40.2 Å². The van der Waals surface area contributed by atoms with Crippen LogP contribution >= 0.6 is 0 Å². The number of carbonyl (C=O) groups excluding carboxylic acids is 1. The Hall–Kier alpha value is -3.48. The van der Waals surface area contributed by atoms with E-state index in [-0.39, 0.29) is 17.6 Å². The summed E-state index contributed by atoms with van der Waals surface area (Å²) in [5, 5.41) is 18.6. The Balaban J connectivity index is 2.10. The molecular formula is C22H24N4O3. The van der Waals surface area contributed by atoms with E-state index in [2.05, 4.69) is 10.4 Å². The average molecular weight is 392 g/mol. The fourth-order valence-electron chi connectivity index (χ4n) is 3.06. The zero-order chi connectivity index (χ0) is 21.1. The molecule has 0 fully saturated rings. The van der Waals surface area contributed by atoms with E-state index in [1.165, 1.54) is 12.1 Å². The number of amides is 1. The van der Waals surface area contributed by atoms with Crippen molar-refractivity contribution in [3.63, 3.8) is 0 Å². The van der Waals surface area contributed by atoms with Gasteiger partial charge in [0, 0.05) is 23.7 Å². The van der Waals surface area contributed by atoms with Crippen molar-refractivity contribution < 1.29 is 9.72 Å². The Bertz CT molecular complexity index is 1050. The molecule has 1 atom stereocenters. The smallest absolute Gasteiger partial charge is 0.270 e. The SMILES string of the molecule is CC[C@@H](C)NC(=O)c1cc(-c2ccc([N+](=O)[O-])cc2)nn1-c1ccc(C)cc1C. The number of aromatic nitrogens is 2. The molecule has 0 unspecified atom stereocenters. The van der Waals surface area contributed by atoms with Crippen molar-refractivity contribution in [1.82, 2.24) is 15.1 Å². The summed E-state index contributed by atoms with van der Waals surface area (Å²) < 4.78 is 1.64. The summed E-state index contributed by atoms with van der Waals surface area (Å²) in [5.41, 5.74) is 4.66. The lowest BCUT2D eigenvalue weighted by molar-refractivity contribution is -0.384. The van der Waals surface area contributed by atoms with Crippen LogP contribution in [0.4, 0.5) is 5.69 Å². The van der Waals surface area contributed by atoms with Gasteiger partial charge in [-0.15, -0.1) is 0 Å². The number of carbonyl (C=O) groups is 1. The van der Waals surface area contributed by atoms with Crippen molar-refractivity contribution in [1.29, 1.82) is 0 Å². The Morgan fingerprint density at radius 2 is 1.86 bits per heavy atom. The molecule has 1 aromatic heterocycles. The number of nitrogens with zero attached hydrogens (tertiary/aromatic N) is 3. The van der Waals surface area contributed by atoms with Crippen LogP contribution in [0.5, 0.6) is 0 Å². The van der Waals surface area contributed by atoms with E-state index in [1.807, 2.05) is 45.9 Å². The van der Waals surface area contributed by atoms with E-state index < -0.39 is 4.92 Å². The highest BCUT2D eigenvalue weighted by Crippen LogP contribution is 2.25. The molecule has 0 spiro atoms. The fraction of sp³-hybridized carbons (Fsp3) is 0.273. The molecule has 0 saturated heterocycles. The summed E-state index contributed by atoms with van der Waals surface area (Å²) in [6.07, 6.45) is 0.818. The third kappa shape index (κ3) is 4.34. The third-order valence-electron chi connectivity index (χ3n) is 4.89.